The number of amidine groups is 1. The van der Waals surface area contributed by atoms with Crippen LogP contribution in [-0.2, 0) is 11.3 Å². The molecule has 0 radical (unpaired) electrons. The van der Waals surface area contributed by atoms with Crippen molar-refractivity contribution in [2.75, 3.05) is 20.2 Å². The van der Waals surface area contributed by atoms with Crippen LogP contribution in [-0.4, -0.2) is 42.0 Å². The number of hydrogen-bond acceptors (Lipinski definition) is 4. The lowest BCUT2D eigenvalue weighted by atomic mass is 10.3. The van der Waals surface area contributed by atoms with E-state index in [1.807, 2.05) is 25.2 Å². The maximum absolute atomic E-state index is 7.19. The van der Waals surface area contributed by atoms with Gasteiger partial charge in [-0.2, -0.15) is 0 Å². The number of pyridine rings is 1. The zero-order valence-electron chi connectivity index (χ0n) is 10.4. The standard InChI is InChI=1S/C12H20N4O/c1-10(12(13)14)17-8-7-16(2)9-11-5-3-4-6-15-11/h3-6,10H,7-9H2,1-2H3,(H3,13,14). The molecule has 17 heavy (non-hydrogen) atoms. The molecule has 1 aromatic heterocycles. The molecule has 1 aromatic rings. The molecule has 3 N–H and O–H groups in total. The number of likely N-dealkylation sites (N-methyl/N-ethyl adjacent to an activating group) is 1. The van der Waals surface area contributed by atoms with Crippen LogP contribution < -0.4 is 5.73 Å². The van der Waals surface area contributed by atoms with E-state index in [9.17, 15) is 0 Å². The van der Waals surface area contributed by atoms with Gasteiger partial charge >= 0.3 is 0 Å². The predicted octanol–water partition coefficient (Wildman–Crippen LogP) is 0.854. The summed E-state index contributed by atoms with van der Waals surface area (Å²) in [5.74, 6) is 0.0670. The number of rotatable bonds is 7. The van der Waals surface area contributed by atoms with Gasteiger partial charge in [0.05, 0.1) is 12.3 Å². The van der Waals surface area contributed by atoms with Crippen LogP contribution in [0.15, 0.2) is 24.4 Å². The quantitative estimate of drug-likeness (QED) is 0.544. The Morgan fingerprint density at radius 1 is 1.59 bits per heavy atom. The van der Waals surface area contributed by atoms with Gasteiger partial charge < -0.3 is 10.5 Å². The molecule has 0 aliphatic rings. The molecule has 0 saturated heterocycles. The summed E-state index contributed by atoms with van der Waals surface area (Å²) in [5.41, 5.74) is 6.35. The minimum Gasteiger partial charge on any atom is -0.385 e. The first-order valence-corrected chi connectivity index (χ1v) is 5.63. The van der Waals surface area contributed by atoms with Crippen molar-refractivity contribution in [3.8, 4) is 0 Å². The SMILES string of the molecule is CC(OCCN(C)Cc1ccccn1)C(=N)N. The van der Waals surface area contributed by atoms with Crippen molar-refractivity contribution >= 4 is 5.84 Å². The fraction of sp³-hybridized carbons (Fsp3) is 0.500. The summed E-state index contributed by atoms with van der Waals surface area (Å²) in [4.78, 5) is 6.37. The Bertz CT molecular complexity index is 342. The topological polar surface area (TPSA) is 75.2 Å². The fourth-order valence-electron chi connectivity index (χ4n) is 1.32. The summed E-state index contributed by atoms with van der Waals surface area (Å²) < 4.78 is 5.40. The Labute approximate surface area is 102 Å². The summed E-state index contributed by atoms with van der Waals surface area (Å²) in [6, 6.07) is 5.88. The first-order valence-electron chi connectivity index (χ1n) is 5.63. The highest BCUT2D eigenvalue weighted by molar-refractivity contribution is 5.81. The molecule has 1 atom stereocenters. The van der Waals surface area contributed by atoms with Gasteiger partial charge in [0.15, 0.2) is 0 Å². The van der Waals surface area contributed by atoms with E-state index in [1.165, 1.54) is 0 Å². The van der Waals surface area contributed by atoms with Crippen molar-refractivity contribution in [3.05, 3.63) is 30.1 Å². The lowest BCUT2D eigenvalue weighted by molar-refractivity contribution is 0.0877. The summed E-state index contributed by atoms with van der Waals surface area (Å²) >= 11 is 0. The molecule has 1 heterocycles. The molecule has 0 bridgehead atoms. The van der Waals surface area contributed by atoms with Gasteiger partial charge in [-0.3, -0.25) is 15.3 Å². The van der Waals surface area contributed by atoms with Crippen LogP contribution >= 0.6 is 0 Å². The second kappa shape index (κ2) is 6.98. The number of hydrogen-bond donors (Lipinski definition) is 2. The molecule has 0 saturated carbocycles. The average molecular weight is 236 g/mol. The normalized spacial score (nSPS) is 12.6. The molecule has 0 spiro atoms. The highest BCUT2D eigenvalue weighted by Gasteiger charge is 2.06. The smallest absolute Gasteiger partial charge is 0.120 e. The Morgan fingerprint density at radius 3 is 2.94 bits per heavy atom. The van der Waals surface area contributed by atoms with Gasteiger partial charge in [0.2, 0.25) is 0 Å². The monoisotopic (exact) mass is 236 g/mol. The molecule has 1 unspecified atom stereocenters. The van der Waals surface area contributed by atoms with Crippen LogP contribution in [0.2, 0.25) is 0 Å². The van der Waals surface area contributed by atoms with Crippen LogP contribution in [0.1, 0.15) is 12.6 Å². The largest absolute Gasteiger partial charge is 0.385 e. The Hall–Kier alpha value is -1.46. The Morgan fingerprint density at radius 2 is 2.35 bits per heavy atom. The van der Waals surface area contributed by atoms with E-state index in [4.69, 9.17) is 15.9 Å². The van der Waals surface area contributed by atoms with Gasteiger partial charge in [-0.1, -0.05) is 6.07 Å². The fourth-order valence-corrected chi connectivity index (χ4v) is 1.32. The summed E-state index contributed by atoms with van der Waals surface area (Å²) in [7, 11) is 2.01. The second-order valence-electron chi connectivity index (χ2n) is 4.03. The van der Waals surface area contributed by atoms with Crippen molar-refractivity contribution in [3.63, 3.8) is 0 Å². The molecule has 94 valence electrons. The van der Waals surface area contributed by atoms with Gasteiger partial charge in [0.1, 0.15) is 11.9 Å². The summed E-state index contributed by atoms with van der Waals surface area (Å²) in [5, 5.41) is 7.19. The highest BCUT2D eigenvalue weighted by atomic mass is 16.5. The van der Waals surface area contributed by atoms with Crippen LogP contribution in [0.3, 0.4) is 0 Å². The third-order valence-electron chi connectivity index (χ3n) is 2.44. The van der Waals surface area contributed by atoms with Gasteiger partial charge in [0.25, 0.3) is 0 Å². The van der Waals surface area contributed by atoms with Gasteiger partial charge in [-0.05, 0) is 26.1 Å². The van der Waals surface area contributed by atoms with Gasteiger partial charge in [-0.25, -0.2) is 0 Å². The first-order chi connectivity index (χ1) is 8.09. The van der Waals surface area contributed by atoms with E-state index in [0.29, 0.717) is 6.61 Å². The molecular weight excluding hydrogens is 216 g/mol. The molecule has 0 aliphatic heterocycles. The van der Waals surface area contributed by atoms with Gasteiger partial charge in [-0.15, -0.1) is 0 Å². The van der Waals surface area contributed by atoms with E-state index in [2.05, 4.69) is 9.88 Å². The van der Waals surface area contributed by atoms with Gasteiger partial charge in [0, 0.05) is 19.3 Å². The third kappa shape index (κ3) is 5.42. The minimum atomic E-state index is -0.307. The van der Waals surface area contributed by atoms with E-state index in [0.717, 1.165) is 18.8 Å². The molecule has 0 aliphatic carbocycles. The summed E-state index contributed by atoms with van der Waals surface area (Å²) in [6.07, 6.45) is 1.48. The van der Waals surface area contributed by atoms with Crippen LogP contribution in [0, 0.1) is 5.41 Å². The second-order valence-corrected chi connectivity index (χ2v) is 4.03. The minimum absolute atomic E-state index is 0.0670. The maximum atomic E-state index is 7.19. The molecule has 0 fully saturated rings. The molecular formula is C12H20N4O. The highest BCUT2D eigenvalue weighted by Crippen LogP contribution is 1.98. The van der Waals surface area contributed by atoms with Crippen molar-refractivity contribution in [2.45, 2.75) is 19.6 Å². The van der Waals surface area contributed by atoms with Crippen molar-refractivity contribution in [1.29, 1.82) is 5.41 Å². The number of nitrogens with one attached hydrogen (secondary N) is 1. The number of nitrogens with zero attached hydrogens (tertiary/aromatic N) is 2. The van der Waals surface area contributed by atoms with E-state index in [1.54, 1.807) is 13.1 Å². The molecule has 0 amide bonds. The Balaban J connectivity index is 2.22. The lowest BCUT2D eigenvalue weighted by Crippen LogP contribution is -2.31. The predicted molar refractivity (Wildman–Crippen MR) is 67.9 cm³/mol. The zero-order chi connectivity index (χ0) is 12.7. The zero-order valence-corrected chi connectivity index (χ0v) is 10.4. The number of nitrogens with two attached hydrogens (primary N) is 1. The lowest BCUT2D eigenvalue weighted by Gasteiger charge is -2.17. The molecule has 5 heteroatoms. The van der Waals surface area contributed by atoms with E-state index < -0.39 is 0 Å². The maximum Gasteiger partial charge on any atom is 0.120 e. The van der Waals surface area contributed by atoms with Crippen LogP contribution in [0.4, 0.5) is 0 Å². The van der Waals surface area contributed by atoms with Crippen molar-refractivity contribution in [2.24, 2.45) is 5.73 Å². The third-order valence-corrected chi connectivity index (χ3v) is 2.44. The number of ether oxygens (including phenoxy) is 1. The van der Waals surface area contributed by atoms with Crippen LogP contribution in [0.25, 0.3) is 0 Å². The molecule has 0 aromatic carbocycles. The van der Waals surface area contributed by atoms with Crippen molar-refractivity contribution in [1.82, 2.24) is 9.88 Å². The van der Waals surface area contributed by atoms with E-state index in [-0.39, 0.29) is 11.9 Å². The van der Waals surface area contributed by atoms with E-state index >= 15 is 0 Å². The van der Waals surface area contributed by atoms with Crippen LogP contribution in [0.5, 0.6) is 0 Å². The summed E-state index contributed by atoms with van der Waals surface area (Å²) in [6.45, 7) is 3.91. The Kier molecular flexibility index (Phi) is 5.59. The average Bonchev–Trinajstić information content (AvgIpc) is 2.30. The first kappa shape index (κ1) is 13.6. The van der Waals surface area contributed by atoms with Crippen molar-refractivity contribution < 1.29 is 4.74 Å². The molecule has 5 nitrogen and oxygen atoms in total. The molecule has 1 rings (SSSR count). The number of aromatic nitrogens is 1.